The lowest BCUT2D eigenvalue weighted by Gasteiger charge is -2.33. The van der Waals surface area contributed by atoms with E-state index in [0.717, 1.165) is 18.4 Å². The van der Waals surface area contributed by atoms with E-state index in [0.29, 0.717) is 0 Å². The Morgan fingerprint density at radius 1 is 1.26 bits per heavy atom. The fourth-order valence-corrected chi connectivity index (χ4v) is 3.62. The van der Waals surface area contributed by atoms with E-state index in [1.165, 1.54) is 6.92 Å². The fraction of sp³-hybridized carbons (Fsp3) is 0.583. The number of hydrogen-bond acceptors (Lipinski definition) is 7. The van der Waals surface area contributed by atoms with Crippen LogP contribution in [0.1, 0.15) is 39.2 Å². The summed E-state index contributed by atoms with van der Waals surface area (Å²) in [4.78, 5) is 25.6. The average molecular weight is 430 g/mol. The summed E-state index contributed by atoms with van der Waals surface area (Å²) in [5.41, 5.74) is -2.25. The minimum absolute atomic E-state index is 0.00962. The van der Waals surface area contributed by atoms with Gasteiger partial charge in [-0.05, 0) is 39.2 Å². The third-order valence-electron chi connectivity index (χ3n) is 5.93. The molecule has 0 amide bonds. The summed E-state index contributed by atoms with van der Waals surface area (Å²) in [5.74, 6) is 5.17. The Hall–Kier alpha value is -2.24. The molecular weight excluding hydrogens is 400 g/mol. The Bertz CT molecular complexity index is 854. The number of aliphatic hydroxyl groups is 2. The van der Waals surface area contributed by atoms with Crippen molar-refractivity contribution in [3.8, 4) is 11.8 Å². The van der Waals surface area contributed by atoms with Crippen LogP contribution in [-0.4, -0.2) is 59.3 Å². The molecule has 7 nitrogen and oxygen atoms in total. The maximum absolute atomic E-state index is 12.9. The first-order chi connectivity index (χ1) is 14.7. The number of carbonyl (C=O) groups excluding carboxylic acids is 2. The van der Waals surface area contributed by atoms with Crippen molar-refractivity contribution in [2.75, 3.05) is 13.2 Å². The van der Waals surface area contributed by atoms with Gasteiger partial charge in [0.1, 0.15) is 12.2 Å². The van der Waals surface area contributed by atoms with Gasteiger partial charge in [-0.2, -0.15) is 0 Å². The molecule has 1 aliphatic carbocycles. The van der Waals surface area contributed by atoms with E-state index in [2.05, 4.69) is 11.8 Å². The second kappa shape index (κ2) is 9.49. The van der Waals surface area contributed by atoms with E-state index < -0.39 is 41.3 Å². The van der Waals surface area contributed by atoms with Crippen LogP contribution < -0.4 is 0 Å². The zero-order valence-electron chi connectivity index (χ0n) is 18.2. The summed E-state index contributed by atoms with van der Waals surface area (Å²) in [6, 6.07) is 9.05. The number of carbonyl (C=O) groups is 2. The lowest BCUT2D eigenvalue weighted by atomic mass is 9.81. The van der Waals surface area contributed by atoms with Crippen molar-refractivity contribution >= 4 is 11.8 Å². The zero-order valence-corrected chi connectivity index (χ0v) is 18.2. The van der Waals surface area contributed by atoms with Gasteiger partial charge >= 0.3 is 5.97 Å². The Balaban J connectivity index is 1.87. The Morgan fingerprint density at radius 3 is 2.52 bits per heavy atom. The first kappa shape index (κ1) is 23.4. The molecule has 31 heavy (non-hydrogen) atoms. The molecule has 7 heteroatoms. The van der Waals surface area contributed by atoms with Gasteiger partial charge in [0.15, 0.2) is 12.1 Å². The van der Waals surface area contributed by atoms with Gasteiger partial charge in [0, 0.05) is 12.3 Å². The molecule has 0 radical (unpaired) electrons. The van der Waals surface area contributed by atoms with Gasteiger partial charge in [-0.15, -0.1) is 0 Å². The molecule has 2 fully saturated rings. The molecule has 2 aliphatic rings. The number of hydrogen-bond donors (Lipinski definition) is 2. The van der Waals surface area contributed by atoms with Crippen LogP contribution in [0.3, 0.4) is 0 Å². The molecule has 168 valence electrons. The van der Waals surface area contributed by atoms with E-state index in [4.69, 9.17) is 14.2 Å². The zero-order chi connectivity index (χ0) is 22.6. The molecule has 0 spiro atoms. The van der Waals surface area contributed by atoms with Gasteiger partial charge in [-0.1, -0.05) is 42.2 Å². The van der Waals surface area contributed by atoms with Gasteiger partial charge in [0.2, 0.25) is 5.60 Å². The molecule has 2 unspecified atom stereocenters. The maximum Gasteiger partial charge on any atom is 0.346 e. The molecule has 1 aromatic rings. The summed E-state index contributed by atoms with van der Waals surface area (Å²) in [7, 11) is 0. The number of esters is 1. The number of ketones is 1. The molecule has 1 saturated heterocycles. The summed E-state index contributed by atoms with van der Waals surface area (Å²) in [5, 5.41) is 20.6. The van der Waals surface area contributed by atoms with Crippen molar-refractivity contribution in [2.45, 2.75) is 64.1 Å². The van der Waals surface area contributed by atoms with Crippen LogP contribution in [-0.2, 0) is 30.2 Å². The van der Waals surface area contributed by atoms with Crippen molar-refractivity contribution in [3.05, 3.63) is 35.9 Å². The first-order valence-electron chi connectivity index (χ1n) is 10.6. The van der Waals surface area contributed by atoms with Crippen molar-refractivity contribution < 1.29 is 34.0 Å². The molecular formula is C24H30O7. The van der Waals surface area contributed by atoms with E-state index in [1.807, 2.05) is 18.2 Å². The first-order valence-corrected chi connectivity index (χ1v) is 10.6. The summed E-state index contributed by atoms with van der Waals surface area (Å²) < 4.78 is 16.7. The second-order valence-electron chi connectivity index (χ2n) is 8.36. The van der Waals surface area contributed by atoms with Crippen LogP contribution >= 0.6 is 0 Å². The van der Waals surface area contributed by atoms with Crippen LogP contribution in [0.4, 0.5) is 0 Å². The van der Waals surface area contributed by atoms with E-state index in [9.17, 15) is 19.8 Å². The normalized spacial score (nSPS) is 29.5. The number of Topliss-reactive ketones (excluding diaryl/α,β-unsaturated/α-hetero) is 1. The average Bonchev–Trinajstić information content (AvgIpc) is 3.55. The third-order valence-corrected chi connectivity index (χ3v) is 5.93. The molecule has 1 aromatic carbocycles. The van der Waals surface area contributed by atoms with E-state index >= 15 is 0 Å². The van der Waals surface area contributed by atoms with Crippen molar-refractivity contribution in [2.24, 2.45) is 11.3 Å². The minimum Gasteiger partial charge on any atom is -0.463 e. The quantitative estimate of drug-likeness (QED) is 0.367. The number of benzene rings is 1. The fourth-order valence-electron chi connectivity index (χ4n) is 3.62. The van der Waals surface area contributed by atoms with Gasteiger partial charge in [0.25, 0.3) is 0 Å². The maximum atomic E-state index is 12.9. The number of ether oxygens (including phenoxy) is 3. The van der Waals surface area contributed by atoms with Crippen LogP contribution in [0.25, 0.3) is 0 Å². The number of rotatable bonds is 8. The van der Waals surface area contributed by atoms with Gasteiger partial charge in [-0.3, -0.25) is 4.79 Å². The third kappa shape index (κ3) is 4.99. The lowest BCUT2D eigenvalue weighted by Crippen LogP contribution is -2.53. The van der Waals surface area contributed by atoms with Crippen LogP contribution in [0, 0.1) is 23.2 Å². The summed E-state index contributed by atoms with van der Waals surface area (Å²) in [6.07, 6.45) is -1.50. The van der Waals surface area contributed by atoms with Crippen LogP contribution in [0.5, 0.6) is 0 Å². The lowest BCUT2D eigenvalue weighted by molar-refractivity contribution is -0.186. The Kier molecular flexibility index (Phi) is 7.17. The summed E-state index contributed by atoms with van der Waals surface area (Å²) in [6.45, 7) is 4.49. The predicted molar refractivity (Wildman–Crippen MR) is 112 cm³/mol. The van der Waals surface area contributed by atoms with Gasteiger partial charge < -0.3 is 24.4 Å². The van der Waals surface area contributed by atoms with Crippen molar-refractivity contribution in [3.63, 3.8) is 0 Å². The molecule has 0 aromatic heterocycles. The predicted octanol–water partition coefficient (Wildman–Crippen LogP) is 1.63. The highest BCUT2D eigenvalue weighted by molar-refractivity contribution is 6.06. The highest BCUT2D eigenvalue weighted by Gasteiger charge is 2.54. The van der Waals surface area contributed by atoms with Gasteiger partial charge in [0.05, 0.1) is 18.6 Å². The monoisotopic (exact) mass is 430 g/mol. The molecule has 1 aliphatic heterocycles. The van der Waals surface area contributed by atoms with Crippen LogP contribution in [0.2, 0.25) is 0 Å². The van der Waals surface area contributed by atoms with E-state index in [1.54, 1.807) is 26.0 Å². The van der Waals surface area contributed by atoms with E-state index in [-0.39, 0.29) is 25.6 Å². The largest absolute Gasteiger partial charge is 0.463 e. The molecule has 1 saturated carbocycles. The Labute approximate surface area is 182 Å². The topological polar surface area (TPSA) is 102 Å². The molecule has 1 heterocycles. The molecule has 2 N–H and O–H groups in total. The highest BCUT2D eigenvalue weighted by Crippen LogP contribution is 2.39. The number of aliphatic hydroxyl groups excluding tert-OH is 2. The Morgan fingerprint density at radius 2 is 1.94 bits per heavy atom. The van der Waals surface area contributed by atoms with Crippen LogP contribution in [0.15, 0.2) is 30.3 Å². The minimum atomic E-state index is -1.87. The molecule has 0 bridgehead atoms. The SMILES string of the molecule is CCOC(=O)C(Cc1ccccc1)(OC[C@H]1OC(O)[C@H](O)[C@@]1(C)C#CC1CC1)C(C)=O. The smallest absolute Gasteiger partial charge is 0.346 e. The van der Waals surface area contributed by atoms with Crippen molar-refractivity contribution in [1.82, 2.24) is 0 Å². The highest BCUT2D eigenvalue weighted by atomic mass is 16.6. The second-order valence-corrected chi connectivity index (χ2v) is 8.36. The van der Waals surface area contributed by atoms with Gasteiger partial charge in [-0.25, -0.2) is 4.79 Å². The molecule has 3 rings (SSSR count). The summed E-state index contributed by atoms with van der Waals surface area (Å²) >= 11 is 0. The standard InChI is InChI=1S/C24H30O7/c1-4-29-22(28)24(16(2)25,14-18-8-6-5-7-9-18)30-15-19-23(3,13-12-17-10-11-17)20(26)21(27)31-19/h5-9,17,19-21,26-27H,4,10-11,14-15H2,1-3H3/t19-,20+,21?,23+,24?/m1/s1. The van der Waals surface area contributed by atoms with Crippen molar-refractivity contribution in [1.29, 1.82) is 0 Å². The molecule has 5 atom stereocenters.